The number of urea groups is 1. The van der Waals surface area contributed by atoms with Gasteiger partial charge in [0.25, 0.3) is 0 Å². The van der Waals surface area contributed by atoms with Crippen LogP contribution in [0.5, 0.6) is 0 Å². The van der Waals surface area contributed by atoms with Crippen molar-refractivity contribution in [3.05, 3.63) is 29.8 Å². The average molecular weight is 345 g/mol. The van der Waals surface area contributed by atoms with E-state index in [1.165, 1.54) is 18.5 Å². The molecule has 1 aromatic rings. The molecular weight excluding hydrogens is 314 g/mol. The molecule has 0 spiro atoms. The van der Waals surface area contributed by atoms with Crippen molar-refractivity contribution >= 4 is 11.7 Å². The highest BCUT2D eigenvalue weighted by atomic mass is 16.3. The third-order valence-corrected chi connectivity index (χ3v) is 5.81. The largest absolute Gasteiger partial charge is 0.396 e. The Morgan fingerprint density at radius 1 is 1.16 bits per heavy atom. The fraction of sp³-hybridized carbons (Fsp3) is 0.650. The summed E-state index contributed by atoms with van der Waals surface area (Å²) >= 11 is 0. The number of piperidine rings is 1. The van der Waals surface area contributed by atoms with E-state index in [1.54, 1.807) is 0 Å². The van der Waals surface area contributed by atoms with Gasteiger partial charge in [-0.2, -0.15) is 0 Å². The second-order valence-electron chi connectivity index (χ2n) is 7.62. The number of rotatable bonds is 5. The molecule has 2 amide bonds. The van der Waals surface area contributed by atoms with Crippen molar-refractivity contribution in [3.8, 4) is 0 Å². The first kappa shape index (κ1) is 18.1. The first-order valence-corrected chi connectivity index (χ1v) is 9.65. The van der Waals surface area contributed by atoms with Gasteiger partial charge in [0, 0.05) is 38.0 Å². The molecule has 0 radical (unpaired) electrons. The van der Waals surface area contributed by atoms with E-state index >= 15 is 0 Å². The summed E-state index contributed by atoms with van der Waals surface area (Å²) in [6.45, 7) is 5.08. The zero-order valence-corrected chi connectivity index (χ0v) is 15.2. The number of benzene rings is 1. The van der Waals surface area contributed by atoms with Crippen molar-refractivity contribution in [1.29, 1.82) is 0 Å². The van der Waals surface area contributed by atoms with E-state index in [1.807, 2.05) is 0 Å². The number of aliphatic hydroxyl groups excluding tert-OH is 1. The maximum absolute atomic E-state index is 12.0. The lowest BCUT2D eigenvalue weighted by atomic mass is 9.97. The van der Waals surface area contributed by atoms with Gasteiger partial charge in [-0.25, -0.2) is 4.79 Å². The molecule has 1 saturated heterocycles. The van der Waals surface area contributed by atoms with Crippen molar-refractivity contribution in [2.45, 2.75) is 51.6 Å². The number of carbonyl (C=O) groups is 1. The highest BCUT2D eigenvalue weighted by molar-refractivity contribution is 5.74. The minimum absolute atomic E-state index is 0.0612. The molecule has 5 nitrogen and oxygen atoms in total. The van der Waals surface area contributed by atoms with Crippen LogP contribution < -0.4 is 15.5 Å². The molecule has 2 unspecified atom stereocenters. The van der Waals surface area contributed by atoms with Crippen molar-refractivity contribution in [2.24, 2.45) is 11.8 Å². The van der Waals surface area contributed by atoms with E-state index in [4.69, 9.17) is 0 Å². The van der Waals surface area contributed by atoms with Gasteiger partial charge in [-0.15, -0.1) is 0 Å². The summed E-state index contributed by atoms with van der Waals surface area (Å²) in [6.07, 6.45) is 5.63. The zero-order chi connectivity index (χ0) is 17.6. The molecule has 5 heteroatoms. The Morgan fingerprint density at radius 2 is 1.88 bits per heavy atom. The highest BCUT2D eigenvalue weighted by Crippen LogP contribution is 2.25. The number of hydrogen-bond acceptors (Lipinski definition) is 3. The summed E-state index contributed by atoms with van der Waals surface area (Å²) in [4.78, 5) is 14.4. The molecule has 1 aromatic carbocycles. The van der Waals surface area contributed by atoms with E-state index < -0.39 is 0 Å². The van der Waals surface area contributed by atoms with Crippen molar-refractivity contribution < 1.29 is 9.90 Å². The van der Waals surface area contributed by atoms with Crippen molar-refractivity contribution in [2.75, 3.05) is 24.6 Å². The smallest absolute Gasteiger partial charge is 0.315 e. The van der Waals surface area contributed by atoms with Crippen LogP contribution in [0, 0.1) is 11.8 Å². The molecule has 1 saturated carbocycles. The van der Waals surface area contributed by atoms with Crippen LogP contribution in [0.3, 0.4) is 0 Å². The lowest BCUT2D eigenvalue weighted by molar-refractivity contribution is 0.203. The van der Waals surface area contributed by atoms with Crippen LogP contribution in [0.4, 0.5) is 10.5 Å². The minimum Gasteiger partial charge on any atom is -0.396 e. The normalized spacial score (nSPS) is 24.3. The molecule has 0 aromatic heterocycles. The SMILES string of the molecule is CC1CCCC1NC(=O)NCc1ccc(N2CCC(CO)CC2)cc1. The summed E-state index contributed by atoms with van der Waals surface area (Å²) in [6, 6.07) is 8.70. The second-order valence-corrected chi connectivity index (χ2v) is 7.62. The molecule has 2 aliphatic rings. The number of nitrogens with zero attached hydrogens (tertiary/aromatic N) is 1. The summed E-state index contributed by atoms with van der Waals surface area (Å²) < 4.78 is 0. The molecule has 3 N–H and O–H groups in total. The van der Waals surface area contributed by atoms with Crippen LogP contribution >= 0.6 is 0 Å². The minimum atomic E-state index is -0.0612. The second kappa shape index (κ2) is 8.56. The van der Waals surface area contributed by atoms with E-state index in [-0.39, 0.29) is 6.03 Å². The third kappa shape index (κ3) is 4.88. The Hall–Kier alpha value is -1.75. The van der Waals surface area contributed by atoms with Crippen LogP contribution in [-0.4, -0.2) is 36.9 Å². The van der Waals surface area contributed by atoms with Crippen LogP contribution in [0.15, 0.2) is 24.3 Å². The summed E-state index contributed by atoms with van der Waals surface area (Å²) in [5.41, 5.74) is 2.34. The van der Waals surface area contributed by atoms with Crippen LogP contribution in [0.1, 0.15) is 44.6 Å². The van der Waals surface area contributed by atoms with E-state index in [0.717, 1.165) is 37.9 Å². The Bertz CT molecular complexity index is 553. The molecule has 1 heterocycles. The number of nitrogens with one attached hydrogen (secondary N) is 2. The summed E-state index contributed by atoms with van der Waals surface area (Å²) in [7, 11) is 0. The van der Waals surface area contributed by atoms with E-state index in [2.05, 4.69) is 46.7 Å². The zero-order valence-electron chi connectivity index (χ0n) is 15.2. The van der Waals surface area contributed by atoms with Crippen LogP contribution in [0.2, 0.25) is 0 Å². The molecule has 25 heavy (non-hydrogen) atoms. The lowest BCUT2D eigenvalue weighted by Gasteiger charge is -2.33. The lowest BCUT2D eigenvalue weighted by Crippen LogP contribution is -2.42. The number of hydrogen-bond donors (Lipinski definition) is 3. The summed E-state index contributed by atoms with van der Waals surface area (Å²) in [5, 5.41) is 15.3. The molecule has 1 aliphatic carbocycles. The van der Waals surface area contributed by atoms with Gasteiger partial charge in [0.15, 0.2) is 0 Å². The van der Waals surface area contributed by atoms with Crippen LogP contribution in [0.25, 0.3) is 0 Å². The van der Waals surface area contributed by atoms with Gasteiger partial charge in [0.1, 0.15) is 0 Å². The predicted octanol–water partition coefficient (Wildman–Crippen LogP) is 2.88. The van der Waals surface area contributed by atoms with Crippen LogP contribution in [-0.2, 0) is 6.54 Å². The van der Waals surface area contributed by atoms with Gasteiger partial charge in [-0.1, -0.05) is 25.5 Å². The Labute approximate surface area is 150 Å². The molecule has 2 fully saturated rings. The Kier molecular flexibility index (Phi) is 6.19. The predicted molar refractivity (Wildman–Crippen MR) is 101 cm³/mol. The van der Waals surface area contributed by atoms with Gasteiger partial charge >= 0.3 is 6.03 Å². The molecule has 2 atom stereocenters. The van der Waals surface area contributed by atoms with E-state index in [9.17, 15) is 9.90 Å². The molecule has 3 rings (SSSR count). The monoisotopic (exact) mass is 345 g/mol. The summed E-state index contributed by atoms with van der Waals surface area (Å²) in [5.74, 6) is 1.04. The quantitative estimate of drug-likeness (QED) is 0.769. The topological polar surface area (TPSA) is 64.6 Å². The molecule has 138 valence electrons. The van der Waals surface area contributed by atoms with Gasteiger partial charge < -0.3 is 20.6 Å². The standard InChI is InChI=1S/C20H31N3O2/c1-15-3-2-4-19(15)22-20(25)21-13-16-5-7-18(8-6-16)23-11-9-17(14-24)10-12-23/h5-8,15,17,19,24H,2-4,9-14H2,1H3,(H2,21,22,25). The number of anilines is 1. The Morgan fingerprint density at radius 3 is 2.48 bits per heavy atom. The van der Waals surface area contributed by atoms with Gasteiger partial charge in [0.2, 0.25) is 0 Å². The van der Waals surface area contributed by atoms with Crippen molar-refractivity contribution in [1.82, 2.24) is 10.6 Å². The fourth-order valence-electron chi connectivity index (χ4n) is 3.96. The van der Waals surface area contributed by atoms with Crippen molar-refractivity contribution in [3.63, 3.8) is 0 Å². The number of carbonyl (C=O) groups excluding carboxylic acids is 1. The van der Waals surface area contributed by atoms with E-state index in [0.29, 0.717) is 31.0 Å². The maximum Gasteiger partial charge on any atom is 0.315 e. The first-order chi connectivity index (χ1) is 12.2. The third-order valence-electron chi connectivity index (χ3n) is 5.81. The molecule has 1 aliphatic heterocycles. The molecule has 0 bridgehead atoms. The number of amides is 2. The highest BCUT2D eigenvalue weighted by Gasteiger charge is 2.24. The fourth-order valence-corrected chi connectivity index (χ4v) is 3.96. The van der Waals surface area contributed by atoms with Gasteiger partial charge in [-0.05, 0) is 55.2 Å². The van der Waals surface area contributed by atoms with Gasteiger partial charge in [-0.3, -0.25) is 0 Å². The average Bonchev–Trinajstić information content (AvgIpc) is 3.05. The number of aliphatic hydroxyl groups is 1. The van der Waals surface area contributed by atoms with Gasteiger partial charge in [0.05, 0.1) is 0 Å². The first-order valence-electron chi connectivity index (χ1n) is 9.65. The maximum atomic E-state index is 12.0. The Balaban J connectivity index is 1.44. The molecular formula is C20H31N3O2.